The maximum Gasteiger partial charge on any atom is 0.309 e. The van der Waals surface area contributed by atoms with Gasteiger partial charge in [-0.05, 0) is 24.3 Å². The molecule has 1 aromatic carbocycles. The smallest absolute Gasteiger partial charge is 0.309 e. The SMILES string of the molecule is O=C(O)Cc1nc(F)ccc1-c1c(Cl)ccc(Cl)c1Cl. The minimum Gasteiger partial charge on any atom is -0.481 e. The van der Waals surface area contributed by atoms with Gasteiger partial charge in [-0.2, -0.15) is 4.39 Å². The summed E-state index contributed by atoms with van der Waals surface area (Å²) in [7, 11) is 0. The largest absolute Gasteiger partial charge is 0.481 e. The van der Waals surface area contributed by atoms with Crippen LogP contribution in [0.3, 0.4) is 0 Å². The predicted octanol–water partition coefficient (Wildman–Crippen LogP) is 4.48. The molecule has 0 atom stereocenters. The predicted molar refractivity (Wildman–Crippen MR) is 76.0 cm³/mol. The van der Waals surface area contributed by atoms with Crippen LogP contribution in [0.4, 0.5) is 4.39 Å². The van der Waals surface area contributed by atoms with Crippen LogP contribution in [0, 0.1) is 5.95 Å². The van der Waals surface area contributed by atoms with Crippen LogP contribution in [0.25, 0.3) is 11.1 Å². The number of aliphatic carboxylic acids is 1. The van der Waals surface area contributed by atoms with Crippen LogP contribution >= 0.6 is 34.8 Å². The van der Waals surface area contributed by atoms with Crippen LogP contribution in [-0.4, -0.2) is 16.1 Å². The number of carbonyl (C=O) groups is 1. The molecule has 0 saturated carbocycles. The average Bonchev–Trinajstić information content (AvgIpc) is 2.36. The fraction of sp³-hybridized carbons (Fsp3) is 0.0769. The summed E-state index contributed by atoms with van der Waals surface area (Å²) in [6, 6.07) is 5.53. The van der Waals surface area contributed by atoms with E-state index in [9.17, 15) is 9.18 Å². The van der Waals surface area contributed by atoms with Crippen LogP contribution < -0.4 is 0 Å². The fourth-order valence-corrected chi connectivity index (χ4v) is 2.49. The van der Waals surface area contributed by atoms with E-state index in [2.05, 4.69) is 4.98 Å². The number of halogens is 4. The van der Waals surface area contributed by atoms with Gasteiger partial charge >= 0.3 is 5.97 Å². The van der Waals surface area contributed by atoms with E-state index in [1.807, 2.05) is 0 Å². The van der Waals surface area contributed by atoms with Gasteiger partial charge in [0.15, 0.2) is 0 Å². The van der Waals surface area contributed by atoms with Crippen molar-refractivity contribution in [1.29, 1.82) is 0 Å². The molecule has 0 amide bonds. The van der Waals surface area contributed by atoms with Crippen molar-refractivity contribution in [3.8, 4) is 11.1 Å². The van der Waals surface area contributed by atoms with E-state index in [1.54, 1.807) is 0 Å². The summed E-state index contributed by atoms with van der Waals surface area (Å²) in [6.45, 7) is 0. The first-order chi connectivity index (χ1) is 9.40. The summed E-state index contributed by atoms with van der Waals surface area (Å²) in [5.41, 5.74) is 0.708. The van der Waals surface area contributed by atoms with Gasteiger partial charge in [0.25, 0.3) is 0 Å². The molecular formula is C13H7Cl3FNO2. The van der Waals surface area contributed by atoms with E-state index in [4.69, 9.17) is 39.9 Å². The van der Waals surface area contributed by atoms with Crippen LogP contribution in [0.15, 0.2) is 24.3 Å². The first kappa shape index (κ1) is 15.0. The molecule has 2 rings (SSSR count). The Balaban J connectivity index is 2.69. The first-order valence-corrected chi connectivity index (χ1v) is 6.54. The Morgan fingerprint density at radius 2 is 1.80 bits per heavy atom. The van der Waals surface area contributed by atoms with E-state index >= 15 is 0 Å². The molecule has 104 valence electrons. The molecule has 0 spiro atoms. The van der Waals surface area contributed by atoms with Crippen LogP contribution in [0.2, 0.25) is 15.1 Å². The average molecular weight is 335 g/mol. The van der Waals surface area contributed by atoms with Crippen molar-refractivity contribution in [2.24, 2.45) is 0 Å². The number of carboxylic acid groups (broad SMARTS) is 1. The molecule has 0 bridgehead atoms. The minimum absolute atomic E-state index is 0.0311. The number of hydrogen-bond donors (Lipinski definition) is 1. The molecule has 0 aliphatic rings. The lowest BCUT2D eigenvalue weighted by Crippen LogP contribution is -2.06. The second-order valence-corrected chi connectivity index (χ2v) is 5.11. The molecule has 20 heavy (non-hydrogen) atoms. The lowest BCUT2D eigenvalue weighted by Gasteiger charge is -2.12. The molecule has 0 unspecified atom stereocenters. The summed E-state index contributed by atoms with van der Waals surface area (Å²) in [5.74, 6) is -1.92. The van der Waals surface area contributed by atoms with Crippen molar-refractivity contribution in [2.75, 3.05) is 0 Å². The topological polar surface area (TPSA) is 50.2 Å². The number of aromatic nitrogens is 1. The van der Waals surface area contributed by atoms with Crippen molar-refractivity contribution in [1.82, 2.24) is 4.98 Å². The van der Waals surface area contributed by atoms with E-state index in [1.165, 1.54) is 18.2 Å². The Bertz CT molecular complexity index is 692. The van der Waals surface area contributed by atoms with E-state index in [0.717, 1.165) is 6.07 Å². The molecule has 7 heteroatoms. The first-order valence-electron chi connectivity index (χ1n) is 5.41. The zero-order chi connectivity index (χ0) is 14.9. The third kappa shape index (κ3) is 3.03. The van der Waals surface area contributed by atoms with E-state index in [-0.39, 0.29) is 20.8 Å². The molecule has 0 aliphatic carbocycles. The van der Waals surface area contributed by atoms with Crippen LogP contribution in [-0.2, 0) is 11.2 Å². The Labute approximate surface area is 128 Å². The molecular weight excluding hydrogens is 328 g/mol. The lowest BCUT2D eigenvalue weighted by molar-refractivity contribution is -0.136. The number of pyridine rings is 1. The standard InChI is InChI=1S/C13H7Cl3FNO2/c14-7-2-3-8(15)13(16)12(7)6-1-4-10(17)18-9(6)5-11(19)20/h1-4H,5H2,(H,19,20). The fourth-order valence-electron chi connectivity index (χ4n) is 1.75. The molecule has 3 nitrogen and oxygen atoms in total. The number of rotatable bonds is 3. The summed E-state index contributed by atoms with van der Waals surface area (Å²) < 4.78 is 13.2. The lowest BCUT2D eigenvalue weighted by atomic mass is 10.0. The third-order valence-electron chi connectivity index (χ3n) is 2.57. The third-order valence-corrected chi connectivity index (χ3v) is 3.69. The monoisotopic (exact) mass is 333 g/mol. The van der Waals surface area contributed by atoms with Gasteiger partial charge in [-0.3, -0.25) is 4.79 Å². The Kier molecular flexibility index (Phi) is 4.48. The highest BCUT2D eigenvalue weighted by Crippen LogP contribution is 2.40. The van der Waals surface area contributed by atoms with E-state index in [0.29, 0.717) is 11.1 Å². The van der Waals surface area contributed by atoms with Gasteiger partial charge in [0.2, 0.25) is 5.95 Å². The second kappa shape index (κ2) is 5.95. The molecule has 0 saturated heterocycles. The van der Waals surface area contributed by atoms with Gasteiger partial charge in [-0.1, -0.05) is 34.8 Å². The van der Waals surface area contributed by atoms with Crippen LogP contribution in [0.1, 0.15) is 5.69 Å². The van der Waals surface area contributed by atoms with Crippen molar-refractivity contribution in [3.05, 3.63) is 51.0 Å². The van der Waals surface area contributed by atoms with E-state index < -0.39 is 18.3 Å². The van der Waals surface area contributed by atoms with Crippen molar-refractivity contribution in [3.63, 3.8) is 0 Å². The van der Waals surface area contributed by atoms with Crippen molar-refractivity contribution < 1.29 is 14.3 Å². The molecule has 1 heterocycles. The molecule has 0 fully saturated rings. The quantitative estimate of drug-likeness (QED) is 0.665. The second-order valence-electron chi connectivity index (χ2n) is 3.92. The molecule has 0 radical (unpaired) electrons. The molecule has 1 N–H and O–H groups in total. The van der Waals surface area contributed by atoms with Crippen molar-refractivity contribution >= 4 is 40.8 Å². The molecule has 1 aromatic heterocycles. The zero-order valence-electron chi connectivity index (χ0n) is 9.83. The van der Waals surface area contributed by atoms with Gasteiger partial charge < -0.3 is 5.11 Å². The van der Waals surface area contributed by atoms with Gasteiger partial charge in [0, 0.05) is 11.1 Å². The molecule has 0 aliphatic heterocycles. The number of benzene rings is 1. The summed E-state index contributed by atoms with van der Waals surface area (Å²) in [5, 5.41) is 9.57. The van der Waals surface area contributed by atoms with Gasteiger partial charge in [-0.15, -0.1) is 0 Å². The maximum atomic E-state index is 13.2. The maximum absolute atomic E-state index is 13.2. The summed E-state index contributed by atoms with van der Waals surface area (Å²) >= 11 is 18.1. The minimum atomic E-state index is -1.14. The highest BCUT2D eigenvalue weighted by atomic mass is 35.5. The Hall–Kier alpha value is -1.36. The Morgan fingerprint density at radius 1 is 1.15 bits per heavy atom. The molecule has 2 aromatic rings. The number of carboxylic acids is 1. The summed E-state index contributed by atoms with van der Waals surface area (Å²) in [6.07, 6.45) is -0.452. The zero-order valence-corrected chi connectivity index (χ0v) is 12.1. The highest BCUT2D eigenvalue weighted by Gasteiger charge is 2.18. The summed E-state index contributed by atoms with van der Waals surface area (Å²) in [4.78, 5) is 14.4. The number of hydrogen-bond acceptors (Lipinski definition) is 2. The van der Waals surface area contributed by atoms with Gasteiger partial charge in [0.1, 0.15) is 0 Å². The van der Waals surface area contributed by atoms with Gasteiger partial charge in [-0.25, -0.2) is 4.98 Å². The normalized spacial score (nSPS) is 10.6. The van der Waals surface area contributed by atoms with Crippen LogP contribution in [0.5, 0.6) is 0 Å². The van der Waals surface area contributed by atoms with Crippen molar-refractivity contribution in [2.45, 2.75) is 6.42 Å². The van der Waals surface area contributed by atoms with Gasteiger partial charge in [0.05, 0.1) is 27.2 Å². The highest BCUT2D eigenvalue weighted by molar-refractivity contribution is 6.46. The number of nitrogens with zero attached hydrogens (tertiary/aromatic N) is 1. The Morgan fingerprint density at radius 3 is 2.45 bits per heavy atom.